The highest BCUT2D eigenvalue weighted by Gasteiger charge is 2.29. The second-order valence-corrected chi connectivity index (χ2v) is 5.91. The zero-order valence-corrected chi connectivity index (χ0v) is 13.3. The highest BCUT2D eigenvalue weighted by atomic mass is 16.5. The normalized spacial score (nSPS) is 21.0. The van der Waals surface area contributed by atoms with Crippen molar-refractivity contribution < 1.29 is 9.53 Å². The van der Waals surface area contributed by atoms with Crippen molar-refractivity contribution in [3.05, 3.63) is 35.9 Å². The van der Waals surface area contributed by atoms with Gasteiger partial charge in [0.1, 0.15) is 6.61 Å². The van der Waals surface area contributed by atoms with Crippen LogP contribution in [0.5, 0.6) is 0 Å². The molecule has 0 spiro atoms. The van der Waals surface area contributed by atoms with Crippen molar-refractivity contribution in [3.63, 3.8) is 0 Å². The molecule has 2 atom stereocenters. The highest BCUT2D eigenvalue weighted by Crippen LogP contribution is 2.31. The van der Waals surface area contributed by atoms with Crippen LogP contribution in [0.25, 0.3) is 0 Å². The molecule has 0 saturated carbocycles. The van der Waals surface area contributed by atoms with Crippen LogP contribution in [0.3, 0.4) is 0 Å². The van der Waals surface area contributed by atoms with E-state index in [1.807, 2.05) is 6.07 Å². The second-order valence-electron chi connectivity index (χ2n) is 5.91. The number of hydrogen-bond donors (Lipinski definition) is 0. The van der Waals surface area contributed by atoms with E-state index in [4.69, 9.17) is 4.74 Å². The largest absolute Gasteiger partial charge is 0.464 e. The van der Waals surface area contributed by atoms with Gasteiger partial charge < -0.3 is 4.74 Å². The van der Waals surface area contributed by atoms with Crippen LogP contribution in [0.2, 0.25) is 0 Å². The molecule has 3 heteroatoms. The van der Waals surface area contributed by atoms with Crippen molar-refractivity contribution in [2.45, 2.75) is 58.0 Å². The number of benzene rings is 1. The summed E-state index contributed by atoms with van der Waals surface area (Å²) in [5.41, 5.74) is 1.25. The molecule has 1 fully saturated rings. The van der Waals surface area contributed by atoms with Gasteiger partial charge in [-0.15, -0.1) is 0 Å². The molecule has 2 rings (SSSR count). The Labute approximate surface area is 128 Å². The molecular formula is C18H27NO2. The number of nitrogens with zero attached hydrogens (tertiary/aromatic N) is 1. The van der Waals surface area contributed by atoms with E-state index < -0.39 is 0 Å². The van der Waals surface area contributed by atoms with Gasteiger partial charge in [-0.25, -0.2) is 0 Å². The molecule has 0 aromatic heterocycles. The first-order valence-corrected chi connectivity index (χ1v) is 8.16. The minimum absolute atomic E-state index is 0.187. The van der Waals surface area contributed by atoms with Gasteiger partial charge in [0.15, 0.2) is 0 Å². The second kappa shape index (κ2) is 8.18. The maximum Gasteiger partial charge on any atom is 0.302 e. The van der Waals surface area contributed by atoms with Crippen molar-refractivity contribution in [2.24, 2.45) is 0 Å². The predicted molar refractivity (Wildman–Crippen MR) is 85.1 cm³/mol. The Hall–Kier alpha value is -1.35. The molecule has 3 nitrogen and oxygen atoms in total. The van der Waals surface area contributed by atoms with Gasteiger partial charge in [-0.05, 0) is 31.4 Å². The van der Waals surface area contributed by atoms with Crippen LogP contribution in [0, 0.1) is 0 Å². The lowest BCUT2D eigenvalue weighted by atomic mass is 9.94. The Kier molecular flexibility index (Phi) is 6.24. The molecule has 0 amide bonds. The van der Waals surface area contributed by atoms with Gasteiger partial charge in [-0.2, -0.15) is 0 Å². The van der Waals surface area contributed by atoms with Crippen molar-refractivity contribution in [2.75, 3.05) is 13.2 Å². The van der Waals surface area contributed by atoms with Gasteiger partial charge in [0, 0.05) is 13.0 Å². The Morgan fingerprint density at radius 1 is 1.33 bits per heavy atom. The topological polar surface area (TPSA) is 29.5 Å². The van der Waals surface area contributed by atoms with Crippen LogP contribution in [0.4, 0.5) is 0 Å². The fourth-order valence-electron chi connectivity index (χ4n) is 3.33. The fourth-order valence-corrected chi connectivity index (χ4v) is 3.33. The van der Waals surface area contributed by atoms with E-state index in [-0.39, 0.29) is 12.0 Å². The molecule has 0 bridgehead atoms. The Morgan fingerprint density at radius 2 is 2.10 bits per heavy atom. The minimum Gasteiger partial charge on any atom is -0.464 e. The van der Waals surface area contributed by atoms with Crippen LogP contribution in [0.1, 0.15) is 57.6 Å². The fraction of sp³-hybridized carbons (Fsp3) is 0.611. The number of esters is 1. The standard InChI is InChI=1S/C18H27NO2/c1-3-9-17-12-7-8-13-19(17)18(14-21-15(2)20)16-10-5-4-6-11-16/h4-6,10-11,17-18H,3,7-9,12-14H2,1-2H3/t17-,18+/m0/s1. The number of likely N-dealkylation sites (tertiary alicyclic amines) is 1. The third-order valence-electron chi connectivity index (χ3n) is 4.32. The molecule has 1 aliphatic heterocycles. The monoisotopic (exact) mass is 289 g/mol. The van der Waals surface area contributed by atoms with Gasteiger partial charge in [-0.3, -0.25) is 9.69 Å². The number of carbonyl (C=O) groups is 1. The third kappa shape index (κ3) is 4.57. The molecule has 1 aliphatic rings. The average Bonchev–Trinajstić information content (AvgIpc) is 2.50. The summed E-state index contributed by atoms with van der Waals surface area (Å²) < 4.78 is 5.36. The Morgan fingerprint density at radius 3 is 2.76 bits per heavy atom. The molecule has 1 heterocycles. The smallest absolute Gasteiger partial charge is 0.302 e. The number of carbonyl (C=O) groups excluding carboxylic acids is 1. The Bertz CT molecular complexity index is 430. The maximum atomic E-state index is 11.2. The van der Waals surface area contributed by atoms with Crippen molar-refractivity contribution in [1.29, 1.82) is 0 Å². The minimum atomic E-state index is -0.194. The van der Waals surface area contributed by atoms with E-state index in [1.54, 1.807) is 0 Å². The molecule has 0 radical (unpaired) electrons. The zero-order valence-electron chi connectivity index (χ0n) is 13.3. The first-order valence-electron chi connectivity index (χ1n) is 8.16. The third-order valence-corrected chi connectivity index (χ3v) is 4.32. The van der Waals surface area contributed by atoms with Gasteiger partial charge in [0.25, 0.3) is 0 Å². The van der Waals surface area contributed by atoms with Crippen LogP contribution < -0.4 is 0 Å². The van der Waals surface area contributed by atoms with Crippen LogP contribution in [-0.4, -0.2) is 30.1 Å². The van der Waals surface area contributed by atoms with E-state index in [0.29, 0.717) is 12.6 Å². The van der Waals surface area contributed by atoms with Gasteiger partial charge in [0.2, 0.25) is 0 Å². The lowest BCUT2D eigenvalue weighted by molar-refractivity contribution is -0.143. The SMILES string of the molecule is CCC[C@H]1CCCCN1[C@H](COC(C)=O)c1ccccc1. The molecule has 0 unspecified atom stereocenters. The van der Waals surface area contributed by atoms with E-state index >= 15 is 0 Å². The number of ether oxygens (including phenoxy) is 1. The molecule has 0 aliphatic carbocycles. The van der Waals surface area contributed by atoms with Crippen molar-refractivity contribution in [1.82, 2.24) is 4.90 Å². The summed E-state index contributed by atoms with van der Waals surface area (Å²) in [6, 6.07) is 11.3. The zero-order chi connectivity index (χ0) is 15.1. The molecule has 116 valence electrons. The highest BCUT2D eigenvalue weighted by molar-refractivity contribution is 5.65. The van der Waals surface area contributed by atoms with Gasteiger partial charge >= 0.3 is 5.97 Å². The lowest BCUT2D eigenvalue weighted by Crippen LogP contribution is -2.43. The molecule has 1 saturated heterocycles. The lowest BCUT2D eigenvalue weighted by Gasteiger charge is -2.41. The molecule has 1 aromatic rings. The van der Waals surface area contributed by atoms with E-state index in [1.165, 1.54) is 44.6 Å². The quantitative estimate of drug-likeness (QED) is 0.743. The Balaban J connectivity index is 2.18. The summed E-state index contributed by atoms with van der Waals surface area (Å²) in [6.07, 6.45) is 6.25. The van der Waals surface area contributed by atoms with Gasteiger partial charge in [-0.1, -0.05) is 50.1 Å². The number of rotatable bonds is 6. The van der Waals surface area contributed by atoms with Crippen molar-refractivity contribution >= 4 is 5.97 Å². The molecular weight excluding hydrogens is 262 g/mol. The summed E-state index contributed by atoms with van der Waals surface area (Å²) in [7, 11) is 0. The van der Waals surface area contributed by atoms with E-state index in [2.05, 4.69) is 36.1 Å². The maximum absolute atomic E-state index is 11.2. The summed E-state index contributed by atoms with van der Waals surface area (Å²) >= 11 is 0. The van der Waals surface area contributed by atoms with E-state index in [0.717, 1.165) is 6.54 Å². The summed E-state index contributed by atoms with van der Waals surface area (Å²) in [4.78, 5) is 13.8. The first-order chi connectivity index (χ1) is 10.2. The van der Waals surface area contributed by atoms with Crippen LogP contribution in [0.15, 0.2) is 30.3 Å². The van der Waals surface area contributed by atoms with E-state index in [9.17, 15) is 4.79 Å². The van der Waals surface area contributed by atoms with Crippen LogP contribution in [-0.2, 0) is 9.53 Å². The number of hydrogen-bond acceptors (Lipinski definition) is 3. The average molecular weight is 289 g/mol. The summed E-state index contributed by atoms with van der Waals surface area (Å²) in [5, 5.41) is 0. The first kappa shape index (κ1) is 16.0. The summed E-state index contributed by atoms with van der Waals surface area (Å²) in [6.45, 7) is 5.29. The number of piperidine rings is 1. The summed E-state index contributed by atoms with van der Waals surface area (Å²) in [5.74, 6) is -0.194. The van der Waals surface area contributed by atoms with Crippen LogP contribution >= 0.6 is 0 Å². The molecule has 1 aromatic carbocycles. The molecule has 21 heavy (non-hydrogen) atoms. The van der Waals surface area contributed by atoms with Crippen molar-refractivity contribution in [3.8, 4) is 0 Å². The van der Waals surface area contributed by atoms with Gasteiger partial charge in [0.05, 0.1) is 6.04 Å². The molecule has 0 N–H and O–H groups in total. The predicted octanol–water partition coefficient (Wildman–Crippen LogP) is 3.95.